The van der Waals surface area contributed by atoms with Crippen molar-refractivity contribution in [1.82, 2.24) is 4.90 Å². The monoisotopic (exact) mass is 236 g/mol. The first-order valence-corrected chi connectivity index (χ1v) is 5.66. The summed E-state index contributed by atoms with van der Waals surface area (Å²) >= 11 is 0. The maximum absolute atomic E-state index is 11.1. The second-order valence-corrected chi connectivity index (χ2v) is 4.55. The van der Waals surface area contributed by atoms with Crippen molar-refractivity contribution in [2.75, 3.05) is 26.0 Å². The quantitative estimate of drug-likeness (QED) is 0.821. The van der Waals surface area contributed by atoms with Gasteiger partial charge in [-0.3, -0.25) is 0 Å². The average Bonchev–Trinajstić information content (AvgIpc) is 2.26. The van der Waals surface area contributed by atoms with Gasteiger partial charge in [0.15, 0.2) is 0 Å². The van der Waals surface area contributed by atoms with Gasteiger partial charge in [0.1, 0.15) is 0 Å². The molecule has 0 bridgehead atoms. The van der Waals surface area contributed by atoms with Crippen LogP contribution in [0.5, 0.6) is 0 Å². The summed E-state index contributed by atoms with van der Waals surface area (Å²) in [6.45, 7) is 4.69. The zero-order valence-electron chi connectivity index (χ0n) is 10.8. The fraction of sp³-hybridized carbons (Fsp3) is 0.462. The Bertz CT molecular complexity index is 402. The molecule has 0 heterocycles. The third-order valence-electron chi connectivity index (χ3n) is 2.87. The normalized spacial score (nSPS) is 12.5. The van der Waals surface area contributed by atoms with E-state index in [-0.39, 0.29) is 0 Å². The molecular weight excluding hydrogens is 216 g/mol. The molecule has 0 amide bonds. The van der Waals surface area contributed by atoms with E-state index in [0.29, 0.717) is 17.3 Å². The topological polar surface area (TPSA) is 52.6 Å². The molecule has 0 spiro atoms. The molecule has 1 aromatic rings. The van der Waals surface area contributed by atoms with Crippen LogP contribution in [0.3, 0.4) is 0 Å². The maximum Gasteiger partial charge on any atom is 0.337 e. The molecule has 0 aliphatic heterocycles. The number of hydrogen-bond acceptors (Lipinski definition) is 3. The van der Waals surface area contributed by atoms with Gasteiger partial charge in [0.25, 0.3) is 0 Å². The number of hydrogen-bond donors (Lipinski definition) is 2. The number of aryl methyl sites for hydroxylation is 1. The number of anilines is 1. The molecule has 94 valence electrons. The van der Waals surface area contributed by atoms with Crippen LogP contribution in [0, 0.1) is 6.92 Å². The van der Waals surface area contributed by atoms with Gasteiger partial charge in [0.05, 0.1) is 5.56 Å². The van der Waals surface area contributed by atoms with Gasteiger partial charge >= 0.3 is 5.97 Å². The fourth-order valence-electron chi connectivity index (χ4n) is 1.43. The van der Waals surface area contributed by atoms with Crippen molar-refractivity contribution in [3.8, 4) is 0 Å². The standard InChI is InChI=1S/C13H20N2O2/c1-9-5-6-12(11(7-9)13(16)17)14-8-10(2)15(3)4/h5-7,10,14H,8H2,1-4H3,(H,16,17). The van der Waals surface area contributed by atoms with Crippen LogP contribution in [0.4, 0.5) is 5.69 Å². The van der Waals surface area contributed by atoms with Crippen LogP contribution in [-0.4, -0.2) is 42.7 Å². The van der Waals surface area contributed by atoms with Crippen molar-refractivity contribution in [3.63, 3.8) is 0 Å². The number of likely N-dealkylation sites (N-methyl/N-ethyl adjacent to an activating group) is 1. The maximum atomic E-state index is 11.1. The summed E-state index contributed by atoms with van der Waals surface area (Å²) in [6.07, 6.45) is 0. The lowest BCUT2D eigenvalue weighted by Crippen LogP contribution is -2.31. The predicted molar refractivity (Wildman–Crippen MR) is 69.8 cm³/mol. The van der Waals surface area contributed by atoms with Crippen LogP contribution in [0.25, 0.3) is 0 Å². The number of carboxylic acid groups (broad SMARTS) is 1. The van der Waals surface area contributed by atoms with Gasteiger partial charge in [0, 0.05) is 18.3 Å². The molecule has 0 fully saturated rings. The third kappa shape index (κ3) is 3.75. The Kier molecular flexibility index (Phi) is 4.52. The first kappa shape index (κ1) is 13.5. The largest absolute Gasteiger partial charge is 0.478 e. The number of rotatable bonds is 5. The summed E-state index contributed by atoms with van der Waals surface area (Å²) in [5, 5.41) is 12.3. The van der Waals surface area contributed by atoms with E-state index < -0.39 is 5.97 Å². The second kappa shape index (κ2) is 5.68. The fourth-order valence-corrected chi connectivity index (χ4v) is 1.43. The van der Waals surface area contributed by atoms with Crippen LogP contribution < -0.4 is 5.32 Å². The Hall–Kier alpha value is -1.55. The molecule has 1 atom stereocenters. The molecule has 0 saturated heterocycles. The lowest BCUT2D eigenvalue weighted by atomic mass is 10.1. The van der Waals surface area contributed by atoms with Gasteiger partial charge in [-0.05, 0) is 40.1 Å². The summed E-state index contributed by atoms with van der Waals surface area (Å²) < 4.78 is 0. The summed E-state index contributed by atoms with van der Waals surface area (Å²) in [5.41, 5.74) is 1.96. The van der Waals surface area contributed by atoms with Gasteiger partial charge in [0.2, 0.25) is 0 Å². The molecule has 1 rings (SSSR count). The van der Waals surface area contributed by atoms with Crippen LogP contribution in [0.2, 0.25) is 0 Å². The highest BCUT2D eigenvalue weighted by Gasteiger charge is 2.11. The Labute approximate surface area is 102 Å². The van der Waals surface area contributed by atoms with E-state index in [4.69, 9.17) is 5.11 Å². The number of carboxylic acids is 1. The molecule has 4 nitrogen and oxygen atoms in total. The van der Waals surface area contributed by atoms with Crippen molar-refractivity contribution in [2.24, 2.45) is 0 Å². The molecule has 0 saturated carbocycles. The SMILES string of the molecule is Cc1ccc(NCC(C)N(C)C)c(C(=O)O)c1. The van der Waals surface area contributed by atoms with Gasteiger partial charge in [-0.2, -0.15) is 0 Å². The minimum Gasteiger partial charge on any atom is -0.478 e. The first-order valence-electron chi connectivity index (χ1n) is 5.66. The lowest BCUT2D eigenvalue weighted by molar-refractivity contribution is 0.0698. The van der Waals surface area contributed by atoms with Crippen LogP contribution >= 0.6 is 0 Å². The third-order valence-corrected chi connectivity index (χ3v) is 2.87. The van der Waals surface area contributed by atoms with Gasteiger partial charge < -0.3 is 15.3 Å². The van der Waals surface area contributed by atoms with Crippen molar-refractivity contribution in [2.45, 2.75) is 19.9 Å². The van der Waals surface area contributed by atoms with Crippen molar-refractivity contribution in [1.29, 1.82) is 0 Å². The van der Waals surface area contributed by atoms with Gasteiger partial charge in [-0.1, -0.05) is 11.6 Å². The number of nitrogens with one attached hydrogen (secondary N) is 1. The highest BCUT2D eigenvalue weighted by molar-refractivity contribution is 5.94. The molecule has 17 heavy (non-hydrogen) atoms. The molecule has 4 heteroatoms. The average molecular weight is 236 g/mol. The minimum absolute atomic E-state index is 0.330. The van der Waals surface area contributed by atoms with Crippen LogP contribution in [0.1, 0.15) is 22.8 Å². The molecule has 0 aliphatic carbocycles. The minimum atomic E-state index is -0.895. The smallest absolute Gasteiger partial charge is 0.337 e. The Morgan fingerprint density at radius 2 is 2.12 bits per heavy atom. The van der Waals surface area contributed by atoms with E-state index in [2.05, 4.69) is 17.1 Å². The van der Waals surface area contributed by atoms with E-state index in [1.54, 1.807) is 6.07 Å². The lowest BCUT2D eigenvalue weighted by Gasteiger charge is -2.21. The molecule has 0 aliphatic rings. The predicted octanol–water partition coefficient (Wildman–Crippen LogP) is 2.06. The molecule has 1 unspecified atom stereocenters. The molecule has 1 aromatic carbocycles. The summed E-state index contributed by atoms with van der Waals surface area (Å²) in [4.78, 5) is 13.2. The van der Waals surface area contributed by atoms with Crippen LogP contribution in [0.15, 0.2) is 18.2 Å². The van der Waals surface area contributed by atoms with E-state index in [0.717, 1.165) is 12.1 Å². The molecular formula is C13H20N2O2. The summed E-state index contributed by atoms with van der Waals surface area (Å²) in [5.74, 6) is -0.895. The van der Waals surface area contributed by atoms with Crippen LogP contribution in [-0.2, 0) is 0 Å². The van der Waals surface area contributed by atoms with Crippen molar-refractivity contribution < 1.29 is 9.90 Å². The highest BCUT2D eigenvalue weighted by atomic mass is 16.4. The number of aromatic carboxylic acids is 1. The first-order chi connectivity index (χ1) is 7.91. The van der Waals surface area contributed by atoms with Gasteiger partial charge in [-0.25, -0.2) is 4.79 Å². The summed E-state index contributed by atoms with van der Waals surface area (Å²) in [6, 6.07) is 5.76. The van der Waals surface area contributed by atoms with Crippen molar-refractivity contribution in [3.05, 3.63) is 29.3 Å². The highest BCUT2D eigenvalue weighted by Crippen LogP contribution is 2.17. The summed E-state index contributed by atoms with van der Waals surface area (Å²) in [7, 11) is 4.00. The van der Waals surface area contributed by atoms with E-state index in [1.165, 1.54) is 0 Å². The Morgan fingerprint density at radius 1 is 1.47 bits per heavy atom. The molecule has 0 aromatic heterocycles. The van der Waals surface area contributed by atoms with E-state index in [1.807, 2.05) is 33.2 Å². The van der Waals surface area contributed by atoms with Crippen molar-refractivity contribution >= 4 is 11.7 Å². The van der Waals surface area contributed by atoms with Gasteiger partial charge in [-0.15, -0.1) is 0 Å². The molecule has 0 radical (unpaired) electrons. The molecule has 2 N–H and O–H groups in total. The Morgan fingerprint density at radius 3 is 2.65 bits per heavy atom. The zero-order chi connectivity index (χ0) is 13.0. The zero-order valence-corrected chi connectivity index (χ0v) is 10.8. The van der Waals surface area contributed by atoms with E-state index in [9.17, 15) is 4.79 Å². The Balaban J connectivity index is 2.80. The van der Waals surface area contributed by atoms with E-state index >= 15 is 0 Å². The second-order valence-electron chi connectivity index (χ2n) is 4.55. The number of carbonyl (C=O) groups is 1. The number of benzene rings is 1. The number of nitrogens with zero attached hydrogens (tertiary/aromatic N) is 1.